The first-order valence-electron chi connectivity index (χ1n) is 8.51. The molecule has 27 heavy (non-hydrogen) atoms. The molecule has 0 saturated carbocycles. The zero-order valence-corrected chi connectivity index (χ0v) is 14.8. The third-order valence-electron chi connectivity index (χ3n) is 4.34. The summed E-state index contributed by atoms with van der Waals surface area (Å²) in [6.45, 7) is 3.65. The number of carbonyl (C=O) groups is 2. The van der Waals surface area contributed by atoms with E-state index in [1.54, 1.807) is 41.3 Å². The predicted octanol–water partition coefficient (Wildman–Crippen LogP) is 2.48. The normalized spacial score (nSPS) is 14.0. The molecule has 2 aromatic rings. The van der Waals surface area contributed by atoms with Crippen LogP contribution in [0.15, 0.2) is 48.5 Å². The van der Waals surface area contributed by atoms with Gasteiger partial charge in [-0.15, -0.1) is 0 Å². The number of esters is 1. The number of benzene rings is 2. The summed E-state index contributed by atoms with van der Waals surface area (Å²) >= 11 is 0. The number of hydrogen-bond donors (Lipinski definition) is 0. The Bertz CT molecular complexity index is 858. The molecule has 1 amide bonds. The first-order chi connectivity index (χ1) is 12.9. The molecule has 0 spiro atoms. The van der Waals surface area contributed by atoms with Crippen LogP contribution in [0.3, 0.4) is 0 Å². The Morgan fingerprint density at radius 1 is 1.04 bits per heavy atom. The lowest BCUT2D eigenvalue weighted by Gasteiger charge is -2.36. The van der Waals surface area contributed by atoms with Crippen LogP contribution in [0.5, 0.6) is 5.75 Å². The molecule has 0 aromatic heterocycles. The molecule has 0 N–H and O–H groups in total. The maximum atomic E-state index is 12.7. The van der Waals surface area contributed by atoms with Crippen molar-refractivity contribution >= 4 is 23.3 Å². The van der Waals surface area contributed by atoms with Gasteiger partial charge < -0.3 is 14.5 Å². The highest BCUT2D eigenvalue weighted by Crippen LogP contribution is 2.22. The zero-order chi connectivity index (χ0) is 19.4. The van der Waals surface area contributed by atoms with Crippen LogP contribution in [0.2, 0.25) is 0 Å². The lowest BCUT2D eigenvalue weighted by atomic mass is 10.1. The molecule has 0 atom stereocenters. The fourth-order valence-electron chi connectivity index (χ4n) is 2.99. The minimum absolute atomic E-state index is 0.0558. The standard InChI is InChI=1S/C19H19N3O5/c1-14(23)27-18-4-2-3-15(13-18)19(24)21-11-9-20(10-12-21)16-5-7-17(8-6-16)22(25)26/h2-8,13H,9-12H2,1H3. The van der Waals surface area contributed by atoms with Gasteiger partial charge in [0.05, 0.1) is 4.92 Å². The van der Waals surface area contributed by atoms with Crippen molar-refractivity contribution in [3.05, 3.63) is 64.2 Å². The largest absolute Gasteiger partial charge is 0.427 e. The van der Waals surface area contributed by atoms with Gasteiger partial charge in [-0.3, -0.25) is 19.7 Å². The third-order valence-corrected chi connectivity index (χ3v) is 4.34. The highest BCUT2D eigenvalue weighted by atomic mass is 16.6. The molecule has 1 saturated heterocycles. The lowest BCUT2D eigenvalue weighted by molar-refractivity contribution is -0.384. The Kier molecular flexibility index (Phi) is 5.35. The van der Waals surface area contributed by atoms with Crippen LogP contribution in [0.1, 0.15) is 17.3 Å². The average Bonchev–Trinajstić information content (AvgIpc) is 2.67. The number of ether oxygens (including phenoxy) is 1. The SMILES string of the molecule is CC(=O)Oc1cccc(C(=O)N2CCN(c3ccc([N+](=O)[O-])cc3)CC2)c1. The summed E-state index contributed by atoms with van der Waals surface area (Å²) in [5, 5.41) is 10.7. The molecule has 1 fully saturated rings. The summed E-state index contributed by atoms with van der Waals surface area (Å²) in [6.07, 6.45) is 0. The van der Waals surface area contributed by atoms with E-state index in [4.69, 9.17) is 4.74 Å². The Hall–Kier alpha value is -3.42. The number of anilines is 1. The van der Waals surface area contributed by atoms with Gasteiger partial charge in [-0.05, 0) is 30.3 Å². The first-order valence-corrected chi connectivity index (χ1v) is 8.51. The van der Waals surface area contributed by atoms with Gasteiger partial charge in [0, 0.05) is 56.5 Å². The quantitative estimate of drug-likeness (QED) is 0.356. The molecule has 0 radical (unpaired) electrons. The van der Waals surface area contributed by atoms with E-state index in [-0.39, 0.29) is 11.6 Å². The smallest absolute Gasteiger partial charge is 0.308 e. The zero-order valence-electron chi connectivity index (χ0n) is 14.8. The molecule has 2 aromatic carbocycles. The number of rotatable bonds is 4. The van der Waals surface area contributed by atoms with Crippen LogP contribution in [-0.2, 0) is 4.79 Å². The highest BCUT2D eigenvalue weighted by molar-refractivity contribution is 5.95. The van der Waals surface area contributed by atoms with E-state index in [0.29, 0.717) is 37.5 Å². The number of amides is 1. The van der Waals surface area contributed by atoms with Crippen LogP contribution in [-0.4, -0.2) is 47.9 Å². The van der Waals surface area contributed by atoms with Crippen LogP contribution in [0, 0.1) is 10.1 Å². The van der Waals surface area contributed by atoms with Crippen LogP contribution in [0.25, 0.3) is 0 Å². The van der Waals surface area contributed by atoms with Crippen LogP contribution in [0.4, 0.5) is 11.4 Å². The number of nitro groups is 1. The molecule has 8 nitrogen and oxygen atoms in total. The maximum Gasteiger partial charge on any atom is 0.308 e. The molecule has 1 aliphatic rings. The van der Waals surface area contributed by atoms with E-state index >= 15 is 0 Å². The molecule has 3 rings (SSSR count). The van der Waals surface area contributed by atoms with Gasteiger partial charge in [0.1, 0.15) is 5.75 Å². The van der Waals surface area contributed by atoms with Crippen molar-refractivity contribution in [2.24, 2.45) is 0 Å². The van der Waals surface area contributed by atoms with E-state index in [1.165, 1.54) is 19.1 Å². The number of hydrogen-bond acceptors (Lipinski definition) is 6. The summed E-state index contributed by atoms with van der Waals surface area (Å²) in [5.74, 6) is -0.207. The molecule has 0 bridgehead atoms. The predicted molar refractivity (Wildman–Crippen MR) is 99.0 cm³/mol. The average molecular weight is 369 g/mol. The van der Waals surface area contributed by atoms with Crippen molar-refractivity contribution in [2.45, 2.75) is 6.92 Å². The number of non-ortho nitro benzene ring substituents is 1. The van der Waals surface area contributed by atoms with Gasteiger partial charge in [0.25, 0.3) is 11.6 Å². The minimum atomic E-state index is -0.434. The van der Waals surface area contributed by atoms with Gasteiger partial charge in [-0.2, -0.15) is 0 Å². The van der Waals surface area contributed by atoms with Gasteiger partial charge in [-0.1, -0.05) is 6.07 Å². The highest BCUT2D eigenvalue weighted by Gasteiger charge is 2.23. The number of piperazine rings is 1. The molecular formula is C19H19N3O5. The number of nitrogens with zero attached hydrogens (tertiary/aromatic N) is 3. The van der Waals surface area contributed by atoms with Gasteiger partial charge in [0.2, 0.25) is 0 Å². The second-order valence-electron chi connectivity index (χ2n) is 6.17. The topological polar surface area (TPSA) is 93.0 Å². The van der Waals surface area contributed by atoms with Crippen molar-refractivity contribution in [1.82, 2.24) is 4.90 Å². The third kappa shape index (κ3) is 4.41. The van der Waals surface area contributed by atoms with Gasteiger partial charge >= 0.3 is 5.97 Å². The van der Waals surface area contributed by atoms with Crippen molar-refractivity contribution < 1.29 is 19.2 Å². The summed E-state index contributed by atoms with van der Waals surface area (Å²) < 4.78 is 5.03. The van der Waals surface area contributed by atoms with Crippen LogP contribution < -0.4 is 9.64 Å². The molecule has 1 heterocycles. The van der Waals surface area contributed by atoms with E-state index in [0.717, 1.165) is 5.69 Å². The van der Waals surface area contributed by atoms with Gasteiger partial charge in [-0.25, -0.2) is 0 Å². The van der Waals surface area contributed by atoms with E-state index < -0.39 is 10.9 Å². The summed E-state index contributed by atoms with van der Waals surface area (Å²) in [7, 11) is 0. The second kappa shape index (κ2) is 7.86. The summed E-state index contributed by atoms with van der Waals surface area (Å²) in [6, 6.07) is 13.0. The maximum absolute atomic E-state index is 12.7. The Morgan fingerprint density at radius 3 is 2.30 bits per heavy atom. The minimum Gasteiger partial charge on any atom is -0.427 e. The number of nitro benzene ring substituents is 1. The van der Waals surface area contributed by atoms with Gasteiger partial charge in [0.15, 0.2) is 0 Å². The van der Waals surface area contributed by atoms with Crippen molar-refractivity contribution in [3.63, 3.8) is 0 Å². The monoisotopic (exact) mass is 369 g/mol. The Labute approximate surface area is 156 Å². The summed E-state index contributed by atoms with van der Waals surface area (Å²) in [5.41, 5.74) is 1.42. The summed E-state index contributed by atoms with van der Waals surface area (Å²) in [4.78, 5) is 37.9. The number of carbonyl (C=O) groups excluding carboxylic acids is 2. The van der Waals surface area contributed by atoms with Crippen molar-refractivity contribution in [3.8, 4) is 5.75 Å². The molecule has 140 valence electrons. The molecule has 0 aliphatic carbocycles. The van der Waals surface area contributed by atoms with Crippen LogP contribution >= 0.6 is 0 Å². The van der Waals surface area contributed by atoms with E-state index in [9.17, 15) is 19.7 Å². The molecule has 0 unspecified atom stereocenters. The molecule has 1 aliphatic heterocycles. The second-order valence-corrected chi connectivity index (χ2v) is 6.17. The van der Waals surface area contributed by atoms with Crippen molar-refractivity contribution in [2.75, 3.05) is 31.1 Å². The first kappa shape index (κ1) is 18.4. The Balaban J connectivity index is 1.62. The van der Waals surface area contributed by atoms with E-state index in [1.807, 2.05) is 0 Å². The Morgan fingerprint density at radius 2 is 1.70 bits per heavy atom. The van der Waals surface area contributed by atoms with E-state index in [2.05, 4.69) is 4.90 Å². The van der Waals surface area contributed by atoms with Crippen molar-refractivity contribution in [1.29, 1.82) is 0 Å². The molecular weight excluding hydrogens is 350 g/mol. The fourth-order valence-corrected chi connectivity index (χ4v) is 2.99. The molecule has 8 heteroatoms. The lowest BCUT2D eigenvalue weighted by Crippen LogP contribution is -2.48. The fraction of sp³-hybridized carbons (Fsp3) is 0.263.